The molecule has 0 unspecified atom stereocenters. The topological polar surface area (TPSA) is 102 Å². The van der Waals surface area contributed by atoms with E-state index in [1.54, 1.807) is 43.5 Å². The van der Waals surface area contributed by atoms with E-state index in [1.165, 1.54) is 26.5 Å². The van der Waals surface area contributed by atoms with Crippen molar-refractivity contribution in [3.63, 3.8) is 0 Å². The number of anilines is 1. The smallest absolute Gasteiger partial charge is 0.188 e. The highest BCUT2D eigenvalue weighted by Gasteiger charge is 2.34. The zero-order valence-corrected chi connectivity index (χ0v) is 19.6. The number of hydrogen-bond donors (Lipinski definition) is 2. The molecule has 10 heteroatoms. The van der Waals surface area contributed by atoms with Gasteiger partial charge in [0.2, 0.25) is 0 Å². The van der Waals surface area contributed by atoms with Crippen LogP contribution in [0.4, 0.5) is 10.1 Å². The van der Waals surface area contributed by atoms with Crippen molar-refractivity contribution in [3.8, 4) is 22.8 Å². The maximum Gasteiger partial charge on any atom is 0.188 e. The van der Waals surface area contributed by atoms with Gasteiger partial charge in [-0.2, -0.15) is 0 Å². The summed E-state index contributed by atoms with van der Waals surface area (Å²) in [6, 6.07) is 4.55. The predicted molar refractivity (Wildman–Crippen MR) is 121 cm³/mol. The molecule has 2 heterocycles. The van der Waals surface area contributed by atoms with E-state index in [2.05, 4.69) is 10.3 Å². The molecular weight excluding hydrogens is 437 g/mol. The Morgan fingerprint density at radius 1 is 1.19 bits per heavy atom. The fourth-order valence-corrected chi connectivity index (χ4v) is 4.58. The molecular formula is C22H28FN3O5S. The molecule has 0 aliphatic carbocycles. The van der Waals surface area contributed by atoms with E-state index in [-0.39, 0.29) is 23.0 Å². The van der Waals surface area contributed by atoms with Crippen LogP contribution in [0.1, 0.15) is 27.2 Å². The number of imidazole rings is 1. The molecule has 174 valence electrons. The third kappa shape index (κ3) is 4.24. The Bertz CT molecular complexity index is 1230. The quantitative estimate of drug-likeness (QED) is 0.491. The van der Waals surface area contributed by atoms with Gasteiger partial charge in [-0.15, -0.1) is 0 Å². The molecule has 3 rings (SSSR count). The number of aliphatic hydroxyl groups is 1. The van der Waals surface area contributed by atoms with Gasteiger partial charge in [-0.25, -0.2) is 17.8 Å². The van der Waals surface area contributed by atoms with E-state index in [4.69, 9.17) is 14.6 Å². The first-order chi connectivity index (χ1) is 15.0. The normalized spacial score (nSPS) is 12.2. The number of aliphatic hydroxyl groups excluding tert-OH is 1. The second-order valence-corrected chi connectivity index (χ2v) is 10.9. The number of nitrogens with zero attached hydrogens (tertiary/aromatic N) is 2. The molecule has 0 bridgehead atoms. The van der Waals surface area contributed by atoms with Crippen LogP contribution in [0, 0.1) is 5.82 Å². The molecule has 2 aromatic heterocycles. The number of hydrogen-bond acceptors (Lipinski definition) is 7. The van der Waals surface area contributed by atoms with E-state index in [0.29, 0.717) is 35.6 Å². The summed E-state index contributed by atoms with van der Waals surface area (Å²) in [6.07, 6.45) is 3.48. The van der Waals surface area contributed by atoms with Gasteiger partial charge >= 0.3 is 0 Å². The number of nitrogens with one attached hydrogen (secondary N) is 1. The Kier molecular flexibility index (Phi) is 6.66. The summed E-state index contributed by atoms with van der Waals surface area (Å²) >= 11 is 0. The van der Waals surface area contributed by atoms with Gasteiger partial charge in [0.05, 0.1) is 36.5 Å². The standard InChI is InChI=1S/C22H28FN3O5S/c1-22(2,3)32(28,29)19-13-26-17(12-25-20(26)11-18(19)30-4)14-9-15(23)21(31-5)16(10-14)24-7-6-8-27/h9-13,24,27H,6-8H2,1-5H3. The van der Waals surface area contributed by atoms with Gasteiger partial charge in [0.15, 0.2) is 21.4 Å². The second kappa shape index (κ2) is 8.95. The van der Waals surface area contributed by atoms with Crippen LogP contribution < -0.4 is 14.8 Å². The maximum atomic E-state index is 14.8. The van der Waals surface area contributed by atoms with E-state index >= 15 is 0 Å². The van der Waals surface area contributed by atoms with Crippen LogP contribution in [0.2, 0.25) is 0 Å². The van der Waals surface area contributed by atoms with Crippen molar-refractivity contribution < 1.29 is 27.4 Å². The number of aromatic nitrogens is 2. The predicted octanol–water partition coefficient (Wildman–Crippen LogP) is 3.52. The highest BCUT2D eigenvalue weighted by Crippen LogP contribution is 2.37. The summed E-state index contributed by atoms with van der Waals surface area (Å²) in [6.45, 7) is 5.27. The van der Waals surface area contributed by atoms with E-state index in [9.17, 15) is 12.8 Å². The molecule has 2 N–H and O–H groups in total. The summed E-state index contributed by atoms with van der Waals surface area (Å²) < 4.78 is 52.2. The summed E-state index contributed by atoms with van der Waals surface area (Å²) in [5, 5.41) is 12.1. The van der Waals surface area contributed by atoms with Crippen LogP contribution >= 0.6 is 0 Å². The molecule has 8 nitrogen and oxygen atoms in total. The van der Waals surface area contributed by atoms with Crippen LogP contribution in [-0.4, -0.2) is 55.0 Å². The lowest BCUT2D eigenvalue weighted by molar-refractivity contribution is 0.292. The zero-order valence-electron chi connectivity index (χ0n) is 18.8. The number of rotatable bonds is 8. The molecule has 0 saturated carbocycles. The summed E-state index contributed by atoms with van der Waals surface area (Å²) in [4.78, 5) is 4.37. The van der Waals surface area contributed by atoms with Crippen LogP contribution in [0.15, 0.2) is 35.5 Å². The van der Waals surface area contributed by atoms with Crippen molar-refractivity contribution >= 4 is 21.2 Å². The van der Waals surface area contributed by atoms with Crippen molar-refractivity contribution in [1.82, 2.24) is 9.38 Å². The first-order valence-corrected chi connectivity index (χ1v) is 11.6. The minimum absolute atomic E-state index is 0.00237. The van der Waals surface area contributed by atoms with Crippen LogP contribution in [0.25, 0.3) is 16.9 Å². The first kappa shape index (κ1) is 23.8. The van der Waals surface area contributed by atoms with Crippen molar-refractivity contribution in [2.24, 2.45) is 0 Å². The van der Waals surface area contributed by atoms with E-state index < -0.39 is 20.4 Å². The fraction of sp³-hybridized carbons (Fsp3) is 0.409. The minimum atomic E-state index is -3.73. The van der Waals surface area contributed by atoms with Gasteiger partial charge in [-0.05, 0) is 39.3 Å². The number of ether oxygens (including phenoxy) is 2. The Morgan fingerprint density at radius 3 is 2.50 bits per heavy atom. The molecule has 0 atom stereocenters. The lowest BCUT2D eigenvalue weighted by Gasteiger charge is -2.21. The number of fused-ring (bicyclic) bond motifs is 1. The van der Waals surface area contributed by atoms with Gasteiger partial charge in [-0.3, -0.25) is 4.40 Å². The molecule has 0 spiro atoms. The number of pyridine rings is 1. The van der Waals surface area contributed by atoms with Crippen molar-refractivity contribution in [1.29, 1.82) is 0 Å². The highest BCUT2D eigenvalue weighted by molar-refractivity contribution is 7.92. The average Bonchev–Trinajstić information content (AvgIpc) is 3.14. The van der Waals surface area contributed by atoms with Gasteiger partial charge in [-0.1, -0.05) is 0 Å². The van der Waals surface area contributed by atoms with Gasteiger partial charge < -0.3 is 19.9 Å². The molecule has 1 aromatic carbocycles. The van der Waals surface area contributed by atoms with Crippen molar-refractivity contribution in [3.05, 3.63) is 36.4 Å². The second-order valence-electron chi connectivity index (χ2n) is 8.24. The molecule has 0 aliphatic heterocycles. The summed E-state index contributed by atoms with van der Waals surface area (Å²) in [5.74, 6) is -0.336. The Labute approximate surface area is 186 Å². The molecule has 0 amide bonds. The monoisotopic (exact) mass is 465 g/mol. The fourth-order valence-electron chi connectivity index (χ4n) is 3.27. The van der Waals surface area contributed by atoms with Gasteiger partial charge in [0.25, 0.3) is 0 Å². The number of sulfone groups is 1. The number of halogens is 1. The number of benzene rings is 1. The Morgan fingerprint density at radius 2 is 1.91 bits per heavy atom. The zero-order chi connectivity index (χ0) is 23.7. The van der Waals surface area contributed by atoms with Gasteiger partial charge in [0.1, 0.15) is 16.3 Å². The Hall–Kier alpha value is -2.85. The van der Waals surface area contributed by atoms with Crippen LogP contribution in [-0.2, 0) is 9.84 Å². The van der Waals surface area contributed by atoms with E-state index in [1.807, 2.05) is 0 Å². The molecule has 0 aliphatic rings. The lowest BCUT2D eigenvalue weighted by atomic mass is 10.1. The van der Waals surface area contributed by atoms with Crippen LogP contribution in [0.3, 0.4) is 0 Å². The first-order valence-electron chi connectivity index (χ1n) is 10.1. The SMILES string of the molecule is COc1cc2ncc(-c3cc(F)c(OC)c(NCCCO)c3)n2cc1S(=O)(=O)C(C)(C)C. The van der Waals surface area contributed by atoms with Gasteiger partial charge in [0, 0.05) is 31.0 Å². The molecule has 32 heavy (non-hydrogen) atoms. The van der Waals surface area contributed by atoms with E-state index in [0.717, 1.165) is 0 Å². The minimum Gasteiger partial charge on any atom is -0.495 e. The number of methoxy groups -OCH3 is 2. The average molecular weight is 466 g/mol. The third-order valence-electron chi connectivity index (χ3n) is 5.08. The Balaban J connectivity index is 2.21. The highest BCUT2D eigenvalue weighted by atomic mass is 32.2. The summed E-state index contributed by atoms with van der Waals surface area (Å²) in [7, 11) is -0.955. The van der Waals surface area contributed by atoms with Crippen molar-refractivity contribution in [2.45, 2.75) is 36.8 Å². The lowest BCUT2D eigenvalue weighted by Crippen LogP contribution is -2.28. The largest absolute Gasteiger partial charge is 0.495 e. The van der Waals surface area contributed by atoms with Crippen LogP contribution in [0.5, 0.6) is 11.5 Å². The molecule has 0 saturated heterocycles. The molecule has 0 fully saturated rings. The summed E-state index contributed by atoms with van der Waals surface area (Å²) in [5.41, 5.74) is 1.85. The maximum absolute atomic E-state index is 14.8. The third-order valence-corrected chi connectivity index (χ3v) is 7.58. The van der Waals surface area contributed by atoms with Crippen molar-refractivity contribution in [2.75, 3.05) is 32.7 Å². The molecule has 3 aromatic rings. The molecule has 0 radical (unpaired) electrons.